The highest BCUT2D eigenvalue weighted by Crippen LogP contribution is 2.16. The zero-order valence-electron chi connectivity index (χ0n) is 13.7. The highest BCUT2D eigenvalue weighted by Gasteiger charge is 2.28. The normalized spacial score (nSPS) is 19.3. The predicted octanol–water partition coefficient (Wildman–Crippen LogP) is 0.512. The second kappa shape index (κ2) is 8.17. The molecule has 1 aromatic rings. The molecule has 0 spiro atoms. The van der Waals surface area contributed by atoms with Gasteiger partial charge in [0.05, 0.1) is 19.0 Å². The van der Waals surface area contributed by atoms with Crippen LogP contribution in [-0.2, 0) is 26.1 Å². The number of hydrogen-bond acceptors (Lipinski definition) is 5. The van der Waals surface area contributed by atoms with E-state index in [0.717, 1.165) is 28.8 Å². The number of nitrogens with zero attached hydrogens (tertiary/aromatic N) is 2. The van der Waals surface area contributed by atoms with Gasteiger partial charge in [-0.3, -0.25) is 9.69 Å². The Labute approximate surface area is 144 Å². The van der Waals surface area contributed by atoms with Crippen molar-refractivity contribution < 1.29 is 31.8 Å². The molecule has 0 saturated carbocycles. The summed E-state index contributed by atoms with van der Waals surface area (Å²) in [5.74, 6) is -2.32. The molecule has 1 aliphatic rings. The summed E-state index contributed by atoms with van der Waals surface area (Å²) in [6, 6.07) is 3.21. The van der Waals surface area contributed by atoms with Crippen LogP contribution in [0.25, 0.3) is 0 Å². The molecule has 25 heavy (non-hydrogen) atoms. The van der Waals surface area contributed by atoms with E-state index in [4.69, 9.17) is 9.84 Å². The molecular formula is C15H20F2N2O5S. The maximum absolute atomic E-state index is 13.8. The van der Waals surface area contributed by atoms with Crippen molar-refractivity contribution in [2.45, 2.75) is 12.6 Å². The summed E-state index contributed by atoms with van der Waals surface area (Å²) >= 11 is 0. The van der Waals surface area contributed by atoms with E-state index in [-0.39, 0.29) is 31.8 Å². The molecule has 7 nitrogen and oxygen atoms in total. The molecule has 1 atom stereocenters. The van der Waals surface area contributed by atoms with Gasteiger partial charge in [-0.1, -0.05) is 0 Å². The minimum absolute atomic E-state index is 0.118. The molecule has 1 unspecified atom stereocenters. The molecule has 0 amide bonds. The van der Waals surface area contributed by atoms with Gasteiger partial charge in [-0.25, -0.2) is 17.2 Å². The fraction of sp³-hybridized carbons (Fsp3) is 0.533. The maximum atomic E-state index is 13.8. The number of carboxylic acid groups (broad SMARTS) is 1. The van der Waals surface area contributed by atoms with Gasteiger partial charge in [-0.2, -0.15) is 4.31 Å². The number of hydrogen-bond donors (Lipinski definition) is 1. The van der Waals surface area contributed by atoms with Gasteiger partial charge in [0.15, 0.2) is 0 Å². The van der Waals surface area contributed by atoms with Gasteiger partial charge in [0.25, 0.3) is 0 Å². The molecule has 140 valence electrons. The number of sulfonamides is 1. The molecule has 1 N–H and O–H groups in total. The van der Waals surface area contributed by atoms with Gasteiger partial charge in [0.1, 0.15) is 18.2 Å². The molecule has 1 aliphatic heterocycles. The van der Waals surface area contributed by atoms with E-state index < -0.39 is 40.3 Å². The first-order chi connectivity index (χ1) is 11.6. The minimum atomic E-state index is -3.70. The third kappa shape index (κ3) is 5.99. The number of halogens is 2. The fourth-order valence-corrected chi connectivity index (χ4v) is 3.42. The van der Waals surface area contributed by atoms with E-state index in [9.17, 15) is 22.0 Å². The van der Waals surface area contributed by atoms with E-state index in [0.29, 0.717) is 6.54 Å². The molecule has 0 bridgehead atoms. The first-order valence-corrected chi connectivity index (χ1v) is 9.45. The summed E-state index contributed by atoms with van der Waals surface area (Å²) in [5, 5.41) is 8.85. The summed E-state index contributed by atoms with van der Waals surface area (Å²) < 4.78 is 56.7. The van der Waals surface area contributed by atoms with E-state index >= 15 is 0 Å². The molecule has 10 heteroatoms. The summed E-state index contributed by atoms with van der Waals surface area (Å²) in [6.45, 7) is 0.421. The van der Waals surface area contributed by atoms with Gasteiger partial charge in [-0.15, -0.1) is 0 Å². The van der Waals surface area contributed by atoms with E-state index in [2.05, 4.69) is 0 Å². The average Bonchev–Trinajstić information content (AvgIpc) is 2.49. The topological polar surface area (TPSA) is 87.2 Å². The number of morpholine rings is 1. The smallest absolute Gasteiger partial charge is 0.318 e. The number of benzene rings is 1. The second-order valence-electron chi connectivity index (χ2n) is 5.91. The largest absolute Gasteiger partial charge is 0.480 e. The Morgan fingerprint density at radius 2 is 2.16 bits per heavy atom. The zero-order valence-corrected chi connectivity index (χ0v) is 14.5. The van der Waals surface area contributed by atoms with Crippen LogP contribution < -0.4 is 0 Å². The van der Waals surface area contributed by atoms with Crippen molar-refractivity contribution in [1.29, 1.82) is 0 Å². The quantitative estimate of drug-likeness (QED) is 0.744. The van der Waals surface area contributed by atoms with Gasteiger partial charge >= 0.3 is 5.97 Å². The van der Waals surface area contributed by atoms with Crippen LogP contribution in [0.15, 0.2) is 18.2 Å². The summed E-state index contributed by atoms with van der Waals surface area (Å²) in [6.07, 6.45) is 0.373. The van der Waals surface area contributed by atoms with Gasteiger partial charge < -0.3 is 9.84 Å². The third-order valence-electron chi connectivity index (χ3n) is 3.81. The number of carbonyl (C=O) groups is 1. The van der Waals surface area contributed by atoms with Crippen molar-refractivity contribution >= 4 is 16.0 Å². The molecule has 1 saturated heterocycles. The lowest BCUT2D eigenvalue weighted by molar-refractivity contribution is -0.137. The summed E-state index contributed by atoms with van der Waals surface area (Å²) in [5.41, 5.74) is 0.200. The molecule has 1 heterocycles. The van der Waals surface area contributed by atoms with Gasteiger partial charge in [0.2, 0.25) is 10.0 Å². The monoisotopic (exact) mass is 378 g/mol. The predicted molar refractivity (Wildman–Crippen MR) is 85.4 cm³/mol. The second-order valence-corrected chi connectivity index (χ2v) is 7.90. The molecular weight excluding hydrogens is 358 g/mol. The number of rotatable bonds is 7. The first-order valence-electron chi connectivity index (χ1n) is 7.60. The van der Waals surface area contributed by atoms with Crippen LogP contribution in [0.1, 0.15) is 5.56 Å². The van der Waals surface area contributed by atoms with Crippen molar-refractivity contribution in [1.82, 2.24) is 9.21 Å². The first kappa shape index (κ1) is 19.7. The summed E-state index contributed by atoms with van der Waals surface area (Å²) in [7, 11) is -3.70. The van der Waals surface area contributed by atoms with Crippen molar-refractivity contribution in [3.63, 3.8) is 0 Å². The standard InChI is InChI=1S/C15H20F2N2O5S/c1-25(22,23)19(10-15(20)21)9-13-8-18(4-5-24-13)7-11-6-12(16)2-3-14(11)17/h2-3,6,13H,4-5,7-10H2,1H3,(H,20,21). The number of aliphatic carboxylic acids is 1. The molecule has 0 radical (unpaired) electrons. The van der Waals surface area contributed by atoms with Crippen molar-refractivity contribution in [2.24, 2.45) is 0 Å². The van der Waals surface area contributed by atoms with Crippen LogP contribution >= 0.6 is 0 Å². The Morgan fingerprint density at radius 3 is 2.80 bits per heavy atom. The van der Waals surface area contributed by atoms with E-state index in [1.54, 1.807) is 0 Å². The lowest BCUT2D eigenvalue weighted by atomic mass is 10.1. The lowest BCUT2D eigenvalue weighted by Gasteiger charge is -2.34. The van der Waals surface area contributed by atoms with Crippen LogP contribution in [0.5, 0.6) is 0 Å². The number of carboxylic acids is 1. The van der Waals surface area contributed by atoms with Crippen LogP contribution in [0.2, 0.25) is 0 Å². The Kier molecular flexibility index (Phi) is 6.44. The van der Waals surface area contributed by atoms with Gasteiger partial charge in [-0.05, 0) is 18.2 Å². The SMILES string of the molecule is CS(=O)(=O)N(CC(=O)O)CC1CN(Cc2cc(F)ccc2F)CCO1. The molecule has 2 rings (SSSR count). The van der Waals surface area contributed by atoms with E-state index in [1.165, 1.54) is 0 Å². The third-order valence-corrected chi connectivity index (χ3v) is 5.03. The Balaban J connectivity index is 2.02. The highest BCUT2D eigenvalue weighted by molar-refractivity contribution is 7.88. The molecule has 1 fully saturated rings. The van der Waals surface area contributed by atoms with E-state index in [1.807, 2.05) is 4.90 Å². The van der Waals surface area contributed by atoms with Crippen LogP contribution in [-0.4, -0.2) is 73.8 Å². The molecule has 0 aliphatic carbocycles. The van der Waals surface area contributed by atoms with Gasteiger partial charge in [0, 0.05) is 31.7 Å². The minimum Gasteiger partial charge on any atom is -0.480 e. The highest BCUT2D eigenvalue weighted by atomic mass is 32.2. The fourth-order valence-electron chi connectivity index (χ4n) is 2.64. The van der Waals surface area contributed by atoms with Crippen LogP contribution in [0, 0.1) is 11.6 Å². The van der Waals surface area contributed by atoms with Crippen molar-refractivity contribution in [3.05, 3.63) is 35.4 Å². The number of ether oxygens (including phenoxy) is 1. The van der Waals surface area contributed by atoms with Crippen molar-refractivity contribution in [3.8, 4) is 0 Å². The lowest BCUT2D eigenvalue weighted by Crippen LogP contribution is -2.49. The van der Waals surface area contributed by atoms with Crippen LogP contribution in [0.3, 0.4) is 0 Å². The zero-order chi connectivity index (χ0) is 18.6. The van der Waals surface area contributed by atoms with Crippen LogP contribution in [0.4, 0.5) is 8.78 Å². The average molecular weight is 378 g/mol. The Morgan fingerprint density at radius 1 is 1.44 bits per heavy atom. The Hall–Kier alpha value is -1.62. The molecule has 1 aromatic carbocycles. The summed E-state index contributed by atoms with van der Waals surface area (Å²) in [4.78, 5) is 12.7. The Bertz CT molecular complexity index is 729. The van der Waals surface area contributed by atoms with Crippen molar-refractivity contribution in [2.75, 3.05) is 39.0 Å². The molecule has 0 aromatic heterocycles. The maximum Gasteiger partial charge on any atom is 0.318 e.